The van der Waals surface area contributed by atoms with Gasteiger partial charge in [-0.1, -0.05) is 43.3 Å². The van der Waals surface area contributed by atoms with Crippen molar-refractivity contribution < 1.29 is 19.1 Å². The predicted molar refractivity (Wildman–Crippen MR) is 118 cm³/mol. The van der Waals surface area contributed by atoms with E-state index in [9.17, 15) is 9.59 Å². The Morgan fingerprint density at radius 3 is 2.37 bits per heavy atom. The van der Waals surface area contributed by atoms with Gasteiger partial charge in [0.15, 0.2) is 11.7 Å². The Labute approximate surface area is 179 Å². The first-order valence-corrected chi connectivity index (χ1v) is 10.7. The molecule has 3 rings (SSSR count). The fourth-order valence-corrected chi connectivity index (χ4v) is 3.50. The summed E-state index contributed by atoms with van der Waals surface area (Å²) in [6, 6.07) is 15.4. The molecule has 0 saturated heterocycles. The van der Waals surface area contributed by atoms with Crippen molar-refractivity contribution in [1.82, 2.24) is 4.98 Å². The molecule has 0 unspecified atom stereocenters. The van der Waals surface area contributed by atoms with Crippen LogP contribution < -0.4 is 10.1 Å². The number of esters is 1. The standard InChI is InChI=1S/C23H24N2O4S/c1-3-16-5-9-18(10-6-16)20-15-30-23(24-20)25-21(26)14-29-22(27)13-17-7-11-19(12-8-17)28-4-2/h5-12,15H,3-4,13-14H2,1-2H3,(H,24,25,26). The number of carbonyl (C=O) groups excluding carboxylic acids is 2. The van der Waals surface area contributed by atoms with E-state index in [0.29, 0.717) is 11.7 Å². The Morgan fingerprint density at radius 2 is 1.70 bits per heavy atom. The third kappa shape index (κ3) is 6.15. The second kappa shape index (κ2) is 10.5. The highest BCUT2D eigenvalue weighted by atomic mass is 32.1. The van der Waals surface area contributed by atoms with Crippen molar-refractivity contribution >= 4 is 28.3 Å². The van der Waals surface area contributed by atoms with E-state index in [4.69, 9.17) is 9.47 Å². The van der Waals surface area contributed by atoms with Gasteiger partial charge in [-0.3, -0.25) is 14.9 Å². The highest BCUT2D eigenvalue weighted by Gasteiger charge is 2.11. The van der Waals surface area contributed by atoms with E-state index in [1.807, 2.05) is 24.4 Å². The van der Waals surface area contributed by atoms with Crippen LogP contribution in [0.5, 0.6) is 5.75 Å². The number of hydrogen-bond acceptors (Lipinski definition) is 6. The molecular weight excluding hydrogens is 400 g/mol. The van der Waals surface area contributed by atoms with E-state index in [-0.39, 0.29) is 13.0 Å². The van der Waals surface area contributed by atoms with Crippen LogP contribution in [0.1, 0.15) is 25.0 Å². The fourth-order valence-electron chi connectivity index (χ4n) is 2.76. The molecule has 0 saturated carbocycles. The maximum Gasteiger partial charge on any atom is 0.310 e. The van der Waals surface area contributed by atoms with Gasteiger partial charge in [-0.15, -0.1) is 11.3 Å². The topological polar surface area (TPSA) is 77.5 Å². The third-order valence-corrected chi connectivity index (χ3v) is 5.11. The summed E-state index contributed by atoms with van der Waals surface area (Å²) in [5, 5.41) is 5.02. The first-order valence-electron chi connectivity index (χ1n) is 9.79. The van der Waals surface area contributed by atoms with Crippen LogP contribution in [0.25, 0.3) is 11.3 Å². The van der Waals surface area contributed by atoms with E-state index in [1.165, 1.54) is 16.9 Å². The zero-order valence-corrected chi connectivity index (χ0v) is 17.8. The maximum absolute atomic E-state index is 12.1. The van der Waals surface area contributed by atoms with Crippen LogP contribution >= 0.6 is 11.3 Å². The molecule has 0 fully saturated rings. The Bertz CT molecular complexity index is 981. The molecular formula is C23H24N2O4S. The van der Waals surface area contributed by atoms with E-state index in [0.717, 1.165) is 29.0 Å². The molecule has 0 radical (unpaired) electrons. The predicted octanol–water partition coefficient (Wildman–Crippen LogP) is 4.50. The van der Waals surface area contributed by atoms with Crippen molar-refractivity contribution in [3.05, 3.63) is 65.0 Å². The van der Waals surface area contributed by atoms with Gasteiger partial charge in [0.2, 0.25) is 0 Å². The van der Waals surface area contributed by atoms with Crippen molar-refractivity contribution in [3.63, 3.8) is 0 Å². The molecule has 0 aliphatic heterocycles. The number of rotatable bonds is 9. The van der Waals surface area contributed by atoms with Gasteiger partial charge in [-0.2, -0.15) is 0 Å². The Hall–Kier alpha value is -3.19. The van der Waals surface area contributed by atoms with Crippen LogP contribution in [0.4, 0.5) is 5.13 Å². The van der Waals surface area contributed by atoms with Crippen LogP contribution in [0, 0.1) is 0 Å². The quantitative estimate of drug-likeness (QED) is 0.512. The number of hydrogen-bond donors (Lipinski definition) is 1. The molecule has 7 heteroatoms. The van der Waals surface area contributed by atoms with Gasteiger partial charge in [-0.05, 0) is 36.6 Å². The fraction of sp³-hybridized carbons (Fsp3) is 0.261. The van der Waals surface area contributed by atoms with Gasteiger partial charge in [-0.25, -0.2) is 4.98 Å². The zero-order valence-electron chi connectivity index (χ0n) is 17.0. The number of aryl methyl sites for hydroxylation is 1. The molecule has 0 aliphatic carbocycles. The maximum atomic E-state index is 12.1. The van der Waals surface area contributed by atoms with E-state index < -0.39 is 11.9 Å². The molecule has 0 bridgehead atoms. The Morgan fingerprint density at radius 1 is 1.00 bits per heavy atom. The molecule has 0 atom stereocenters. The molecule has 156 valence electrons. The molecule has 30 heavy (non-hydrogen) atoms. The molecule has 3 aromatic rings. The molecule has 2 aromatic carbocycles. The number of benzene rings is 2. The highest BCUT2D eigenvalue weighted by molar-refractivity contribution is 7.14. The van der Waals surface area contributed by atoms with Gasteiger partial charge in [0.1, 0.15) is 5.75 Å². The lowest BCUT2D eigenvalue weighted by Crippen LogP contribution is -2.21. The number of nitrogens with one attached hydrogen (secondary N) is 1. The van der Waals surface area contributed by atoms with Gasteiger partial charge < -0.3 is 9.47 Å². The average Bonchev–Trinajstić information content (AvgIpc) is 3.22. The number of anilines is 1. The lowest BCUT2D eigenvalue weighted by atomic mass is 10.1. The number of amides is 1. The van der Waals surface area contributed by atoms with Crippen LogP contribution in [0.3, 0.4) is 0 Å². The summed E-state index contributed by atoms with van der Waals surface area (Å²) in [7, 11) is 0. The lowest BCUT2D eigenvalue weighted by Gasteiger charge is -2.06. The number of ether oxygens (including phenoxy) is 2. The average molecular weight is 425 g/mol. The molecule has 1 N–H and O–H groups in total. The van der Waals surface area contributed by atoms with Gasteiger partial charge in [0.05, 0.1) is 18.7 Å². The first-order chi connectivity index (χ1) is 14.6. The normalized spacial score (nSPS) is 10.5. The largest absolute Gasteiger partial charge is 0.494 e. The lowest BCUT2D eigenvalue weighted by molar-refractivity contribution is -0.146. The van der Waals surface area contributed by atoms with Gasteiger partial charge in [0, 0.05) is 10.9 Å². The van der Waals surface area contributed by atoms with Gasteiger partial charge in [0.25, 0.3) is 5.91 Å². The minimum Gasteiger partial charge on any atom is -0.494 e. The minimum atomic E-state index is -0.467. The Balaban J connectivity index is 1.46. The second-order valence-electron chi connectivity index (χ2n) is 6.55. The monoisotopic (exact) mass is 424 g/mol. The number of thiazole rings is 1. The minimum absolute atomic E-state index is 0.0921. The smallest absolute Gasteiger partial charge is 0.310 e. The summed E-state index contributed by atoms with van der Waals surface area (Å²) in [6.07, 6.45) is 1.07. The highest BCUT2D eigenvalue weighted by Crippen LogP contribution is 2.25. The third-order valence-electron chi connectivity index (χ3n) is 4.36. The number of nitrogens with zero attached hydrogens (tertiary/aromatic N) is 1. The SMILES string of the molecule is CCOc1ccc(CC(=O)OCC(=O)Nc2nc(-c3ccc(CC)cc3)cs2)cc1. The first kappa shape index (κ1) is 21.5. The van der Waals surface area contributed by atoms with Crippen LogP contribution in [-0.2, 0) is 27.2 Å². The summed E-state index contributed by atoms with van der Waals surface area (Å²) < 4.78 is 10.4. The van der Waals surface area contributed by atoms with E-state index in [2.05, 4.69) is 29.4 Å². The molecule has 1 aromatic heterocycles. The zero-order chi connectivity index (χ0) is 21.3. The van der Waals surface area contributed by atoms with Crippen molar-refractivity contribution in [3.8, 4) is 17.0 Å². The Kier molecular flexibility index (Phi) is 7.57. The van der Waals surface area contributed by atoms with E-state index in [1.54, 1.807) is 24.3 Å². The molecule has 6 nitrogen and oxygen atoms in total. The summed E-state index contributed by atoms with van der Waals surface area (Å²) in [4.78, 5) is 28.5. The molecule has 1 amide bonds. The van der Waals surface area contributed by atoms with Crippen molar-refractivity contribution in [2.24, 2.45) is 0 Å². The summed E-state index contributed by atoms with van der Waals surface area (Å²) in [5.41, 5.74) is 3.84. The van der Waals surface area contributed by atoms with Gasteiger partial charge >= 0.3 is 5.97 Å². The number of carbonyl (C=O) groups is 2. The van der Waals surface area contributed by atoms with Crippen molar-refractivity contribution in [2.45, 2.75) is 26.7 Å². The van der Waals surface area contributed by atoms with Crippen LogP contribution in [0.15, 0.2) is 53.9 Å². The second-order valence-corrected chi connectivity index (χ2v) is 7.41. The number of aromatic nitrogens is 1. The summed E-state index contributed by atoms with van der Waals surface area (Å²) in [5.74, 6) is -0.138. The molecule has 1 heterocycles. The van der Waals surface area contributed by atoms with Crippen LogP contribution in [-0.4, -0.2) is 30.1 Å². The van der Waals surface area contributed by atoms with Crippen molar-refractivity contribution in [2.75, 3.05) is 18.5 Å². The van der Waals surface area contributed by atoms with E-state index >= 15 is 0 Å². The summed E-state index contributed by atoms with van der Waals surface area (Å²) >= 11 is 1.33. The summed E-state index contributed by atoms with van der Waals surface area (Å²) in [6.45, 7) is 4.25. The molecule has 0 spiro atoms. The van der Waals surface area contributed by atoms with Crippen molar-refractivity contribution in [1.29, 1.82) is 0 Å². The van der Waals surface area contributed by atoms with Crippen LogP contribution in [0.2, 0.25) is 0 Å². The molecule has 0 aliphatic rings.